The summed E-state index contributed by atoms with van der Waals surface area (Å²) in [7, 11) is 0. The van der Waals surface area contributed by atoms with Crippen LogP contribution in [-0.2, 0) is 0 Å². The predicted molar refractivity (Wildman–Crippen MR) is 77.1 cm³/mol. The minimum Gasteiger partial charge on any atom is -0.328 e. The van der Waals surface area contributed by atoms with Gasteiger partial charge in [0.2, 0.25) is 0 Å². The van der Waals surface area contributed by atoms with Crippen LogP contribution in [0.5, 0.6) is 0 Å². The van der Waals surface area contributed by atoms with Crippen molar-refractivity contribution in [3.8, 4) is 5.69 Å². The van der Waals surface area contributed by atoms with Gasteiger partial charge in [-0.2, -0.15) is 0 Å². The van der Waals surface area contributed by atoms with Gasteiger partial charge >= 0.3 is 0 Å². The summed E-state index contributed by atoms with van der Waals surface area (Å²) in [5, 5.41) is 15.4. The van der Waals surface area contributed by atoms with Crippen LogP contribution in [0.25, 0.3) is 5.69 Å². The van der Waals surface area contributed by atoms with Gasteiger partial charge in [-0.05, 0) is 31.2 Å². The van der Waals surface area contributed by atoms with Crippen LogP contribution in [0.2, 0.25) is 0 Å². The largest absolute Gasteiger partial charge is 0.328 e. The molecule has 1 aliphatic rings. The monoisotopic (exact) mass is 286 g/mol. The van der Waals surface area contributed by atoms with E-state index in [9.17, 15) is 4.79 Å². The number of tetrazole rings is 1. The van der Waals surface area contributed by atoms with Crippen LogP contribution in [0, 0.1) is 0 Å². The molecule has 1 amide bonds. The van der Waals surface area contributed by atoms with Crippen LogP contribution in [0.15, 0.2) is 30.3 Å². The highest BCUT2D eigenvalue weighted by Crippen LogP contribution is 2.18. The van der Waals surface area contributed by atoms with Gasteiger partial charge in [-0.1, -0.05) is 18.2 Å². The number of aromatic nitrogens is 4. The first-order valence-corrected chi connectivity index (χ1v) is 6.96. The van der Waals surface area contributed by atoms with Gasteiger partial charge < -0.3 is 10.2 Å². The van der Waals surface area contributed by atoms with Gasteiger partial charge in [-0.25, -0.2) is 0 Å². The molecule has 3 rings (SSSR count). The average Bonchev–Trinajstić information content (AvgIpc) is 2.97. The number of nitrogens with one attached hydrogen (secondary N) is 1. The molecular weight excluding hydrogens is 268 g/mol. The van der Waals surface area contributed by atoms with E-state index in [4.69, 9.17) is 0 Å². The lowest BCUT2D eigenvalue weighted by molar-refractivity contribution is 0.0464. The summed E-state index contributed by atoms with van der Waals surface area (Å²) in [5.74, 6) is -0.0440. The lowest BCUT2D eigenvalue weighted by Crippen LogP contribution is -2.60. The molecule has 2 heterocycles. The zero-order valence-electron chi connectivity index (χ0n) is 12.2. The van der Waals surface area contributed by atoms with Gasteiger partial charge in [-0.15, -0.1) is 15.0 Å². The van der Waals surface area contributed by atoms with Gasteiger partial charge in [0.15, 0.2) is 0 Å². The highest BCUT2D eigenvalue weighted by atomic mass is 16.2. The first-order chi connectivity index (χ1) is 10.1. The van der Waals surface area contributed by atoms with Gasteiger partial charge in [0.05, 0.1) is 11.2 Å². The smallest absolute Gasteiger partial charge is 0.296 e. The molecule has 0 spiro atoms. The second-order valence-electron chi connectivity index (χ2n) is 5.68. The zero-order valence-corrected chi connectivity index (χ0v) is 12.2. The molecule has 0 radical (unpaired) electrons. The summed E-state index contributed by atoms with van der Waals surface area (Å²) in [5.41, 5.74) is 0.525. The minimum atomic E-state index is -0.256. The maximum Gasteiger partial charge on any atom is 0.296 e. The molecule has 1 fully saturated rings. The number of benzene rings is 1. The highest BCUT2D eigenvalue weighted by Gasteiger charge is 2.35. The molecule has 1 aromatic heterocycles. The summed E-state index contributed by atoms with van der Waals surface area (Å²) >= 11 is 0. The number of carbonyl (C=O) groups excluding carboxylic acids is 1. The standard InChI is InChI=1S/C14H18N6O/c1-14(2)10-15-8-9-19(14)13(21)12-16-18-20(17-12)11-6-4-3-5-7-11/h3-7,15H,8-10H2,1-2H3. The van der Waals surface area contributed by atoms with Crippen molar-refractivity contribution in [1.82, 2.24) is 30.4 Å². The Bertz CT molecular complexity index is 636. The number of piperazine rings is 1. The summed E-state index contributed by atoms with van der Waals surface area (Å²) in [6.45, 7) is 6.23. The number of hydrogen-bond acceptors (Lipinski definition) is 5. The third kappa shape index (κ3) is 2.64. The van der Waals surface area contributed by atoms with Crippen molar-refractivity contribution < 1.29 is 4.79 Å². The molecule has 0 bridgehead atoms. The quantitative estimate of drug-likeness (QED) is 0.869. The van der Waals surface area contributed by atoms with E-state index in [0.29, 0.717) is 6.54 Å². The first-order valence-electron chi connectivity index (χ1n) is 6.96. The van der Waals surface area contributed by atoms with Crippen molar-refractivity contribution in [3.05, 3.63) is 36.2 Å². The highest BCUT2D eigenvalue weighted by molar-refractivity contribution is 5.90. The van der Waals surface area contributed by atoms with Crippen molar-refractivity contribution in [1.29, 1.82) is 0 Å². The van der Waals surface area contributed by atoms with Gasteiger partial charge in [-0.3, -0.25) is 4.79 Å². The molecule has 1 aliphatic heterocycles. The molecule has 0 aliphatic carbocycles. The Morgan fingerprint density at radius 3 is 2.76 bits per heavy atom. The van der Waals surface area contributed by atoms with Crippen molar-refractivity contribution in [2.45, 2.75) is 19.4 Å². The molecule has 1 N–H and O–H groups in total. The normalized spacial score (nSPS) is 17.7. The van der Waals surface area contributed by atoms with Crippen molar-refractivity contribution in [3.63, 3.8) is 0 Å². The maximum absolute atomic E-state index is 12.6. The summed E-state index contributed by atoms with van der Waals surface area (Å²) < 4.78 is 0. The summed E-state index contributed by atoms with van der Waals surface area (Å²) in [6, 6.07) is 9.42. The molecule has 0 atom stereocenters. The Kier molecular flexibility index (Phi) is 3.42. The van der Waals surface area contributed by atoms with Crippen LogP contribution in [0.1, 0.15) is 24.5 Å². The SMILES string of the molecule is CC1(C)CNCCN1C(=O)c1nnn(-c2ccccc2)n1. The second kappa shape index (κ2) is 5.25. The minimum absolute atomic E-state index is 0.133. The van der Waals surface area contributed by atoms with Crippen LogP contribution < -0.4 is 5.32 Å². The van der Waals surface area contributed by atoms with Gasteiger partial charge in [0, 0.05) is 19.6 Å². The average molecular weight is 286 g/mol. The molecule has 2 aromatic rings. The van der Waals surface area contributed by atoms with E-state index in [1.54, 1.807) is 4.90 Å². The van der Waals surface area contributed by atoms with Crippen molar-refractivity contribution >= 4 is 5.91 Å². The van der Waals surface area contributed by atoms with Crippen molar-refractivity contribution in [2.24, 2.45) is 0 Å². The fraction of sp³-hybridized carbons (Fsp3) is 0.429. The summed E-state index contributed by atoms with van der Waals surface area (Å²) in [4.78, 5) is 15.8. The molecule has 1 aromatic carbocycles. The fourth-order valence-corrected chi connectivity index (χ4v) is 2.45. The van der Waals surface area contributed by atoms with E-state index in [-0.39, 0.29) is 17.3 Å². The predicted octanol–water partition coefficient (Wildman–Crippen LogP) is 0.486. The summed E-state index contributed by atoms with van der Waals surface area (Å²) in [6.07, 6.45) is 0. The van der Waals surface area contributed by atoms with E-state index >= 15 is 0 Å². The van der Waals surface area contributed by atoms with E-state index in [1.807, 2.05) is 44.2 Å². The van der Waals surface area contributed by atoms with Gasteiger partial charge in [0.1, 0.15) is 0 Å². The molecule has 7 heteroatoms. The molecule has 21 heavy (non-hydrogen) atoms. The Morgan fingerprint density at radius 1 is 1.29 bits per heavy atom. The molecule has 1 saturated heterocycles. The third-order valence-corrected chi connectivity index (χ3v) is 3.64. The first kappa shape index (κ1) is 13.7. The zero-order chi connectivity index (χ0) is 14.9. The number of carbonyl (C=O) groups is 1. The third-order valence-electron chi connectivity index (χ3n) is 3.64. The van der Waals surface area contributed by atoms with Crippen LogP contribution in [0.4, 0.5) is 0 Å². The molecular formula is C14H18N6O. The number of hydrogen-bond donors (Lipinski definition) is 1. The molecule has 7 nitrogen and oxygen atoms in total. The second-order valence-corrected chi connectivity index (χ2v) is 5.68. The number of para-hydroxylation sites is 1. The van der Waals surface area contributed by atoms with Gasteiger partial charge in [0.25, 0.3) is 11.7 Å². The molecule has 110 valence electrons. The molecule has 0 unspecified atom stereocenters. The lowest BCUT2D eigenvalue weighted by Gasteiger charge is -2.42. The lowest BCUT2D eigenvalue weighted by atomic mass is 10.00. The molecule has 0 saturated carbocycles. The van der Waals surface area contributed by atoms with E-state index in [0.717, 1.165) is 18.8 Å². The van der Waals surface area contributed by atoms with E-state index in [2.05, 4.69) is 20.7 Å². The fourth-order valence-electron chi connectivity index (χ4n) is 2.45. The van der Waals surface area contributed by atoms with E-state index < -0.39 is 0 Å². The van der Waals surface area contributed by atoms with Crippen LogP contribution in [0.3, 0.4) is 0 Å². The number of amides is 1. The van der Waals surface area contributed by atoms with Crippen molar-refractivity contribution in [2.75, 3.05) is 19.6 Å². The maximum atomic E-state index is 12.6. The van der Waals surface area contributed by atoms with Crippen LogP contribution >= 0.6 is 0 Å². The topological polar surface area (TPSA) is 75.9 Å². The number of rotatable bonds is 2. The Hall–Kier alpha value is -2.28. The van der Waals surface area contributed by atoms with Crippen LogP contribution in [-0.4, -0.2) is 56.2 Å². The Morgan fingerprint density at radius 2 is 2.05 bits per heavy atom. The number of nitrogens with zero attached hydrogens (tertiary/aromatic N) is 5. The van der Waals surface area contributed by atoms with E-state index in [1.165, 1.54) is 4.80 Å². The Labute approximate surface area is 122 Å². The Balaban J connectivity index is 1.84.